The summed E-state index contributed by atoms with van der Waals surface area (Å²) in [7, 11) is 3.76. The number of aromatic nitrogens is 5. The molecule has 11 nitrogen and oxygen atoms in total. The van der Waals surface area contributed by atoms with Crippen molar-refractivity contribution in [3.8, 4) is 11.4 Å². The van der Waals surface area contributed by atoms with Crippen molar-refractivity contribution >= 4 is 34.3 Å². The van der Waals surface area contributed by atoms with Crippen molar-refractivity contribution in [2.45, 2.75) is 6.92 Å². The standard InChI is InChI=1S/C26H26N8O3/c1-16-12-30-22(19-14-29-20(15-28-19)32(2)3)23-21(16)17(13-31-23)24(35)26(37)34-10-8-33(9-11-34)25(36)18-6-4-5-7-27-18/h4-7,12-15,31H,8-11H2,1-3H3. The van der Waals surface area contributed by atoms with Gasteiger partial charge in [0.1, 0.15) is 22.9 Å². The lowest BCUT2D eigenvalue weighted by atomic mass is 10.0. The number of aromatic amines is 1. The number of Topliss-reactive ketones (excluding diaryl/α,β-unsaturated/α-hetero) is 1. The van der Waals surface area contributed by atoms with E-state index >= 15 is 0 Å². The van der Waals surface area contributed by atoms with Gasteiger partial charge in [0.25, 0.3) is 17.6 Å². The van der Waals surface area contributed by atoms with Crippen molar-refractivity contribution in [2.75, 3.05) is 45.2 Å². The maximum absolute atomic E-state index is 13.3. The van der Waals surface area contributed by atoms with E-state index in [1.54, 1.807) is 54.1 Å². The number of nitrogens with one attached hydrogen (secondary N) is 1. The van der Waals surface area contributed by atoms with Crippen LogP contribution in [0.3, 0.4) is 0 Å². The Morgan fingerprint density at radius 2 is 1.68 bits per heavy atom. The van der Waals surface area contributed by atoms with Gasteiger partial charge in [0.15, 0.2) is 0 Å². The van der Waals surface area contributed by atoms with E-state index < -0.39 is 11.7 Å². The first-order valence-corrected chi connectivity index (χ1v) is 11.9. The van der Waals surface area contributed by atoms with Crippen molar-refractivity contribution in [2.24, 2.45) is 0 Å². The lowest BCUT2D eigenvalue weighted by molar-refractivity contribution is -0.127. The number of H-pyrrole nitrogens is 1. The fraction of sp³-hybridized carbons (Fsp3) is 0.269. The van der Waals surface area contributed by atoms with Crippen molar-refractivity contribution in [1.29, 1.82) is 0 Å². The number of pyridine rings is 2. The Balaban J connectivity index is 1.35. The Labute approximate surface area is 213 Å². The van der Waals surface area contributed by atoms with E-state index in [-0.39, 0.29) is 24.6 Å². The summed E-state index contributed by atoms with van der Waals surface area (Å²) >= 11 is 0. The van der Waals surface area contributed by atoms with Crippen molar-refractivity contribution in [3.05, 3.63) is 66.0 Å². The van der Waals surface area contributed by atoms with Gasteiger partial charge in [0.2, 0.25) is 0 Å². The average molecular weight is 499 g/mol. The van der Waals surface area contributed by atoms with E-state index in [0.717, 1.165) is 5.56 Å². The smallest absolute Gasteiger partial charge is 0.295 e. The van der Waals surface area contributed by atoms with Crippen LogP contribution in [0.15, 0.2) is 49.2 Å². The van der Waals surface area contributed by atoms with Crippen LogP contribution in [0.1, 0.15) is 26.4 Å². The van der Waals surface area contributed by atoms with Gasteiger partial charge in [-0.1, -0.05) is 6.07 Å². The predicted octanol–water partition coefficient (Wildman–Crippen LogP) is 1.96. The van der Waals surface area contributed by atoms with Gasteiger partial charge in [0, 0.05) is 64.3 Å². The first kappa shape index (κ1) is 24.0. The van der Waals surface area contributed by atoms with E-state index in [0.29, 0.717) is 46.9 Å². The fourth-order valence-electron chi connectivity index (χ4n) is 4.38. The number of hydrogen-bond acceptors (Lipinski definition) is 8. The van der Waals surface area contributed by atoms with Crippen LogP contribution in [-0.4, -0.2) is 92.6 Å². The molecule has 0 atom stereocenters. The second-order valence-corrected chi connectivity index (χ2v) is 9.02. The number of ketones is 1. The third-order valence-corrected chi connectivity index (χ3v) is 6.41. The molecule has 4 aromatic rings. The Kier molecular flexibility index (Phi) is 6.34. The highest BCUT2D eigenvalue weighted by Crippen LogP contribution is 2.30. The van der Waals surface area contributed by atoms with Crippen LogP contribution in [0.5, 0.6) is 0 Å². The topological polar surface area (TPSA) is 128 Å². The molecule has 0 aromatic carbocycles. The Morgan fingerprint density at radius 3 is 2.32 bits per heavy atom. The van der Waals surface area contributed by atoms with Crippen LogP contribution in [0.4, 0.5) is 5.82 Å². The number of hydrogen-bond donors (Lipinski definition) is 1. The van der Waals surface area contributed by atoms with E-state index in [1.165, 1.54) is 4.90 Å². The van der Waals surface area contributed by atoms with Crippen LogP contribution in [0.2, 0.25) is 0 Å². The van der Waals surface area contributed by atoms with Gasteiger partial charge in [-0.2, -0.15) is 0 Å². The molecule has 5 rings (SSSR count). The van der Waals surface area contributed by atoms with Gasteiger partial charge >= 0.3 is 0 Å². The molecule has 1 N–H and O–H groups in total. The molecule has 0 aliphatic carbocycles. The molecule has 0 saturated carbocycles. The largest absolute Gasteiger partial charge is 0.361 e. The Morgan fingerprint density at radius 1 is 0.919 bits per heavy atom. The number of amides is 2. The minimum absolute atomic E-state index is 0.187. The quantitative estimate of drug-likeness (QED) is 0.327. The highest BCUT2D eigenvalue weighted by Gasteiger charge is 2.31. The molecule has 1 aliphatic heterocycles. The molecule has 1 saturated heterocycles. The zero-order valence-corrected chi connectivity index (χ0v) is 20.8. The van der Waals surface area contributed by atoms with Gasteiger partial charge in [-0.3, -0.25) is 24.4 Å². The van der Waals surface area contributed by atoms with E-state index in [9.17, 15) is 14.4 Å². The number of aryl methyl sites for hydroxylation is 1. The molecule has 2 amide bonds. The number of nitrogens with zero attached hydrogens (tertiary/aromatic N) is 7. The average Bonchev–Trinajstić information content (AvgIpc) is 3.39. The molecule has 1 aliphatic rings. The normalized spacial score (nSPS) is 13.6. The Bertz CT molecular complexity index is 1470. The van der Waals surface area contributed by atoms with Crippen LogP contribution in [-0.2, 0) is 4.79 Å². The van der Waals surface area contributed by atoms with Crippen molar-refractivity contribution < 1.29 is 14.4 Å². The first-order chi connectivity index (χ1) is 17.8. The third-order valence-electron chi connectivity index (χ3n) is 6.41. The first-order valence-electron chi connectivity index (χ1n) is 11.9. The number of rotatable bonds is 5. The van der Waals surface area contributed by atoms with Gasteiger partial charge in [-0.05, 0) is 24.6 Å². The van der Waals surface area contributed by atoms with Crippen LogP contribution >= 0.6 is 0 Å². The third kappa shape index (κ3) is 4.51. The number of piperazine rings is 1. The summed E-state index contributed by atoms with van der Waals surface area (Å²) in [6.07, 6.45) is 8.06. The van der Waals surface area contributed by atoms with Gasteiger partial charge in [-0.25, -0.2) is 9.97 Å². The molecule has 188 valence electrons. The molecule has 0 unspecified atom stereocenters. The van der Waals surface area contributed by atoms with Crippen LogP contribution < -0.4 is 4.90 Å². The summed E-state index contributed by atoms with van der Waals surface area (Å²) < 4.78 is 0. The minimum atomic E-state index is -0.606. The maximum Gasteiger partial charge on any atom is 0.295 e. The number of anilines is 1. The van der Waals surface area contributed by atoms with Crippen LogP contribution in [0.25, 0.3) is 22.3 Å². The molecule has 0 bridgehead atoms. The number of fused-ring (bicyclic) bond motifs is 1. The molecule has 1 fully saturated rings. The SMILES string of the molecule is Cc1cnc(-c2cnc(N(C)C)cn2)c2[nH]cc(C(=O)C(=O)N3CCN(C(=O)c4ccccn4)CC3)c12. The van der Waals surface area contributed by atoms with E-state index in [4.69, 9.17) is 0 Å². The highest BCUT2D eigenvalue weighted by atomic mass is 16.2. The second-order valence-electron chi connectivity index (χ2n) is 9.02. The summed E-state index contributed by atoms with van der Waals surface area (Å²) in [4.78, 5) is 64.7. The molecule has 0 radical (unpaired) electrons. The van der Waals surface area contributed by atoms with Crippen molar-refractivity contribution in [3.63, 3.8) is 0 Å². The zero-order valence-electron chi connectivity index (χ0n) is 20.8. The summed E-state index contributed by atoms with van der Waals surface area (Å²) in [6, 6.07) is 5.17. The summed E-state index contributed by atoms with van der Waals surface area (Å²) in [5, 5.41) is 0.630. The molecule has 37 heavy (non-hydrogen) atoms. The highest BCUT2D eigenvalue weighted by molar-refractivity contribution is 6.45. The second kappa shape index (κ2) is 9.76. The molecular formula is C26H26N8O3. The van der Waals surface area contributed by atoms with Crippen molar-refractivity contribution in [1.82, 2.24) is 34.7 Å². The zero-order chi connectivity index (χ0) is 26.1. The van der Waals surface area contributed by atoms with E-state index in [1.807, 2.05) is 25.9 Å². The molecular weight excluding hydrogens is 472 g/mol. The van der Waals surface area contributed by atoms with Crippen LogP contribution in [0, 0.1) is 6.92 Å². The lowest BCUT2D eigenvalue weighted by Gasteiger charge is -2.34. The van der Waals surface area contributed by atoms with Gasteiger partial charge < -0.3 is 19.7 Å². The molecule has 4 aromatic heterocycles. The number of carbonyl (C=O) groups is 3. The molecule has 0 spiro atoms. The molecule has 11 heteroatoms. The number of carbonyl (C=O) groups excluding carboxylic acids is 3. The maximum atomic E-state index is 13.3. The summed E-state index contributed by atoms with van der Waals surface area (Å²) in [6.45, 7) is 3.04. The monoisotopic (exact) mass is 498 g/mol. The van der Waals surface area contributed by atoms with E-state index in [2.05, 4.69) is 24.9 Å². The Hall–Kier alpha value is -4.67. The lowest BCUT2D eigenvalue weighted by Crippen LogP contribution is -2.52. The van der Waals surface area contributed by atoms with Gasteiger partial charge in [-0.15, -0.1) is 0 Å². The summed E-state index contributed by atoms with van der Waals surface area (Å²) in [5.41, 5.74) is 3.13. The molecule has 5 heterocycles. The van der Waals surface area contributed by atoms with Gasteiger partial charge in [0.05, 0.1) is 23.5 Å². The predicted molar refractivity (Wildman–Crippen MR) is 137 cm³/mol. The summed E-state index contributed by atoms with van der Waals surface area (Å²) in [5.74, 6) is -0.682. The fourth-order valence-corrected chi connectivity index (χ4v) is 4.38. The minimum Gasteiger partial charge on any atom is -0.361 e.